The van der Waals surface area contributed by atoms with E-state index in [-0.39, 0.29) is 6.03 Å². The van der Waals surface area contributed by atoms with Gasteiger partial charge in [0.25, 0.3) is 0 Å². The molecule has 1 saturated heterocycles. The zero-order chi connectivity index (χ0) is 13.7. The van der Waals surface area contributed by atoms with Gasteiger partial charge in [-0.2, -0.15) is 0 Å². The Kier molecular flexibility index (Phi) is 4.74. The molecule has 5 heteroatoms. The van der Waals surface area contributed by atoms with E-state index in [2.05, 4.69) is 15.6 Å². The molecule has 5 nitrogen and oxygen atoms in total. The fourth-order valence-corrected chi connectivity index (χ4v) is 2.51. The average Bonchev–Trinajstić information content (AvgIpc) is 2.49. The fraction of sp³-hybridized carbons (Fsp3) is 0.571. The van der Waals surface area contributed by atoms with Gasteiger partial charge in [0.2, 0.25) is 0 Å². The summed E-state index contributed by atoms with van der Waals surface area (Å²) in [7, 11) is 0. The van der Waals surface area contributed by atoms with Crippen LogP contribution in [0.2, 0.25) is 0 Å². The van der Waals surface area contributed by atoms with Gasteiger partial charge in [-0.25, -0.2) is 4.79 Å². The topological polar surface area (TPSA) is 57.3 Å². The lowest BCUT2D eigenvalue weighted by Gasteiger charge is -2.37. The Labute approximate surface area is 114 Å². The molecule has 104 valence electrons. The Morgan fingerprint density at radius 2 is 2.05 bits per heavy atom. The molecule has 1 aromatic rings. The number of urea groups is 1. The van der Waals surface area contributed by atoms with Crippen molar-refractivity contribution >= 4 is 11.7 Å². The van der Waals surface area contributed by atoms with Crippen LogP contribution in [0.5, 0.6) is 0 Å². The molecule has 19 heavy (non-hydrogen) atoms. The van der Waals surface area contributed by atoms with Crippen LogP contribution in [-0.4, -0.2) is 35.0 Å². The molecule has 2 aliphatic heterocycles. The van der Waals surface area contributed by atoms with Crippen molar-refractivity contribution in [2.75, 3.05) is 18.4 Å². The van der Waals surface area contributed by atoms with E-state index in [1.807, 2.05) is 30.9 Å². The van der Waals surface area contributed by atoms with Crippen LogP contribution >= 0.6 is 0 Å². The van der Waals surface area contributed by atoms with E-state index >= 15 is 0 Å². The maximum atomic E-state index is 12.0. The zero-order valence-electron chi connectivity index (χ0n) is 11.6. The molecule has 3 rings (SSSR count). The van der Waals surface area contributed by atoms with Crippen LogP contribution in [0.1, 0.15) is 32.4 Å². The van der Waals surface area contributed by atoms with Gasteiger partial charge in [-0.1, -0.05) is 13.8 Å². The van der Waals surface area contributed by atoms with E-state index < -0.39 is 0 Å². The highest BCUT2D eigenvalue weighted by Gasteiger charge is 2.30. The molecule has 1 aromatic heterocycles. The first-order valence-electron chi connectivity index (χ1n) is 7.07. The molecule has 0 saturated carbocycles. The predicted molar refractivity (Wildman–Crippen MR) is 76.0 cm³/mol. The molecule has 0 radical (unpaired) electrons. The van der Waals surface area contributed by atoms with Crippen molar-refractivity contribution in [3.8, 4) is 0 Å². The maximum Gasteiger partial charge on any atom is 0.322 e. The molecule has 2 amide bonds. The number of piperidine rings is 1. The normalized spacial score (nSPS) is 19.1. The van der Waals surface area contributed by atoms with Crippen LogP contribution in [0.3, 0.4) is 0 Å². The molecule has 0 unspecified atom stereocenters. The number of nitrogens with zero attached hydrogens (tertiary/aromatic N) is 2. The maximum absolute atomic E-state index is 12.0. The summed E-state index contributed by atoms with van der Waals surface area (Å²) in [5, 5.41) is 6.23. The van der Waals surface area contributed by atoms with E-state index in [0.29, 0.717) is 12.6 Å². The standard InChI is InChI=1S/C12H16N4O.C2H6/c17-12-15-10-2-1-5-14-11(10)8-16(12)9-3-6-13-7-4-9;1-2/h1-2,5,9,13H,3-4,6-8H2,(H,15,17);1-2H3. The smallest absolute Gasteiger partial charge is 0.317 e. The highest BCUT2D eigenvalue weighted by Crippen LogP contribution is 2.24. The Morgan fingerprint density at radius 3 is 2.79 bits per heavy atom. The van der Waals surface area contributed by atoms with E-state index in [1.54, 1.807) is 6.20 Å². The molecule has 3 heterocycles. The monoisotopic (exact) mass is 262 g/mol. The third-order valence-corrected chi connectivity index (χ3v) is 3.46. The summed E-state index contributed by atoms with van der Waals surface area (Å²) < 4.78 is 0. The van der Waals surface area contributed by atoms with Crippen LogP contribution in [0, 0.1) is 0 Å². The van der Waals surface area contributed by atoms with E-state index in [9.17, 15) is 4.79 Å². The van der Waals surface area contributed by atoms with Crippen LogP contribution in [-0.2, 0) is 6.54 Å². The second kappa shape index (κ2) is 6.52. The van der Waals surface area contributed by atoms with Crippen LogP contribution in [0.25, 0.3) is 0 Å². The minimum absolute atomic E-state index is 0.0115. The number of anilines is 1. The van der Waals surface area contributed by atoms with Crippen molar-refractivity contribution in [1.82, 2.24) is 15.2 Å². The number of hydrogen-bond donors (Lipinski definition) is 2. The lowest BCUT2D eigenvalue weighted by atomic mass is 10.0. The number of nitrogens with one attached hydrogen (secondary N) is 2. The summed E-state index contributed by atoms with van der Waals surface area (Å²) in [6, 6.07) is 4.10. The summed E-state index contributed by atoms with van der Waals surface area (Å²) in [4.78, 5) is 18.3. The van der Waals surface area contributed by atoms with Crippen LogP contribution < -0.4 is 10.6 Å². The predicted octanol–water partition coefficient (Wildman–Crippen LogP) is 2.21. The fourth-order valence-electron chi connectivity index (χ4n) is 2.51. The highest BCUT2D eigenvalue weighted by molar-refractivity contribution is 5.92. The minimum atomic E-state index is 0.0115. The average molecular weight is 262 g/mol. The second-order valence-corrected chi connectivity index (χ2v) is 4.54. The number of rotatable bonds is 1. The van der Waals surface area contributed by atoms with Gasteiger partial charge >= 0.3 is 6.03 Å². The summed E-state index contributed by atoms with van der Waals surface area (Å²) in [5.41, 5.74) is 1.81. The van der Waals surface area contributed by atoms with Crippen LogP contribution in [0.15, 0.2) is 18.3 Å². The summed E-state index contributed by atoms with van der Waals surface area (Å²) in [6.07, 6.45) is 3.82. The summed E-state index contributed by atoms with van der Waals surface area (Å²) in [6.45, 7) is 6.61. The molecule has 0 bridgehead atoms. The van der Waals surface area contributed by atoms with Gasteiger partial charge in [0.05, 0.1) is 17.9 Å². The van der Waals surface area contributed by atoms with Crippen molar-refractivity contribution in [3.05, 3.63) is 24.0 Å². The molecule has 0 aliphatic carbocycles. The number of hydrogen-bond acceptors (Lipinski definition) is 3. The summed E-state index contributed by atoms with van der Waals surface area (Å²) >= 11 is 0. The van der Waals surface area contributed by atoms with Gasteiger partial charge in [0.1, 0.15) is 0 Å². The molecular weight excluding hydrogens is 240 g/mol. The van der Waals surface area contributed by atoms with Crippen molar-refractivity contribution in [1.29, 1.82) is 0 Å². The molecule has 0 atom stereocenters. The lowest BCUT2D eigenvalue weighted by molar-refractivity contribution is 0.162. The summed E-state index contributed by atoms with van der Waals surface area (Å²) in [5.74, 6) is 0. The van der Waals surface area contributed by atoms with Gasteiger partial charge in [0, 0.05) is 12.2 Å². The SMILES string of the molecule is CC.O=C1Nc2cccnc2CN1C1CCNCC1. The van der Waals surface area contributed by atoms with Gasteiger partial charge in [-0.15, -0.1) is 0 Å². The van der Waals surface area contributed by atoms with Gasteiger partial charge in [-0.05, 0) is 38.1 Å². The third-order valence-electron chi connectivity index (χ3n) is 3.46. The van der Waals surface area contributed by atoms with Crippen molar-refractivity contribution in [2.45, 2.75) is 39.3 Å². The Hall–Kier alpha value is -1.62. The first kappa shape index (κ1) is 13.8. The van der Waals surface area contributed by atoms with Crippen LogP contribution in [0.4, 0.5) is 10.5 Å². The Bertz CT molecular complexity index is 429. The largest absolute Gasteiger partial charge is 0.322 e. The Balaban J connectivity index is 0.000000637. The highest BCUT2D eigenvalue weighted by atomic mass is 16.2. The Morgan fingerprint density at radius 1 is 1.32 bits per heavy atom. The molecule has 2 aliphatic rings. The molecule has 2 N–H and O–H groups in total. The number of carbonyl (C=O) groups is 1. The van der Waals surface area contributed by atoms with Gasteiger partial charge in [-0.3, -0.25) is 4.98 Å². The van der Waals surface area contributed by atoms with Crippen molar-refractivity contribution < 1.29 is 4.79 Å². The number of pyridine rings is 1. The molecule has 0 aromatic carbocycles. The van der Waals surface area contributed by atoms with Crippen molar-refractivity contribution in [3.63, 3.8) is 0 Å². The number of amides is 2. The lowest BCUT2D eigenvalue weighted by Crippen LogP contribution is -2.49. The number of aromatic nitrogens is 1. The van der Waals surface area contributed by atoms with E-state index in [0.717, 1.165) is 37.3 Å². The number of fused-ring (bicyclic) bond motifs is 1. The van der Waals surface area contributed by atoms with Gasteiger partial charge < -0.3 is 15.5 Å². The first-order valence-corrected chi connectivity index (χ1v) is 7.07. The first-order chi connectivity index (χ1) is 9.34. The van der Waals surface area contributed by atoms with E-state index in [4.69, 9.17) is 0 Å². The van der Waals surface area contributed by atoms with E-state index in [1.165, 1.54) is 0 Å². The quantitative estimate of drug-likeness (QED) is 0.816. The second-order valence-electron chi connectivity index (χ2n) is 4.54. The molecule has 0 spiro atoms. The minimum Gasteiger partial charge on any atom is -0.317 e. The third kappa shape index (κ3) is 3.04. The zero-order valence-corrected chi connectivity index (χ0v) is 11.6. The molecular formula is C14H22N4O. The molecule has 1 fully saturated rings. The van der Waals surface area contributed by atoms with Crippen molar-refractivity contribution in [2.24, 2.45) is 0 Å². The van der Waals surface area contributed by atoms with Gasteiger partial charge in [0.15, 0.2) is 0 Å². The number of carbonyl (C=O) groups excluding carboxylic acids is 1.